The molecule has 1 atom stereocenters. The lowest BCUT2D eigenvalue weighted by Gasteiger charge is -2.20. The standard InChI is InChI=1S/C17H22N2O5/c20-11-13-2-1-9-19(13)17(24)7-8-18-16(23)6-4-12-3-5-14(21)15(22)10-12/h3,5,10-11,13,21-22H,1-2,4,6-9H2,(H,18,23). The fourth-order valence-corrected chi connectivity index (χ4v) is 2.77. The Morgan fingerprint density at radius 2 is 2.04 bits per heavy atom. The van der Waals surface area contributed by atoms with Crippen molar-refractivity contribution in [1.82, 2.24) is 10.2 Å². The van der Waals surface area contributed by atoms with Crippen LogP contribution in [0.25, 0.3) is 0 Å². The van der Waals surface area contributed by atoms with Gasteiger partial charge in [-0.2, -0.15) is 0 Å². The van der Waals surface area contributed by atoms with Crippen LogP contribution in [0, 0.1) is 0 Å². The number of aldehydes is 1. The second-order valence-electron chi connectivity index (χ2n) is 5.86. The highest BCUT2D eigenvalue weighted by molar-refractivity contribution is 5.81. The molecule has 24 heavy (non-hydrogen) atoms. The molecule has 1 aromatic rings. The van der Waals surface area contributed by atoms with E-state index in [1.807, 2.05) is 0 Å². The minimum absolute atomic E-state index is 0.117. The molecule has 1 fully saturated rings. The maximum Gasteiger partial charge on any atom is 0.224 e. The van der Waals surface area contributed by atoms with E-state index in [4.69, 9.17) is 0 Å². The number of hydrogen-bond donors (Lipinski definition) is 3. The highest BCUT2D eigenvalue weighted by atomic mass is 16.3. The summed E-state index contributed by atoms with van der Waals surface area (Å²) >= 11 is 0. The summed E-state index contributed by atoms with van der Waals surface area (Å²) in [5.41, 5.74) is 0.738. The fraction of sp³-hybridized carbons (Fsp3) is 0.471. The molecule has 0 aliphatic carbocycles. The molecule has 0 saturated carbocycles. The maximum atomic E-state index is 12.0. The van der Waals surface area contributed by atoms with E-state index < -0.39 is 0 Å². The first-order chi connectivity index (χ1) is 11.5. The molecule has 130 valence electrons. The lowest BCUT2D eigenvalue weighted by molar-refractivity contribution is -0.134. The molecule has 2 rings (SSSR count). The van der Waals surface area contributed by atoms with Gasteiger partial charge in [-0.3, -0.25) is 9.59 Å². The fourth-order valence-electron chi connectivity index (χ4n) is 2.77. The van der Waals surface area contributed by atoms with Gasteiger partial charge in [-0.15, -0.1) is 0 Å². The summed E-state index contributed by atoms with van der Waals surface area (Å²) in [4.78, 5) is 36.2. The number of phenolic OH excluding ortho intramolecular Hbond substituents is 2. The Hall–Kier alpha value is -2.57. The minimum Gasteiger partial charge on any atom is -0.504 e. The van der Waals surface area contributed by atoms with Crippen LogP contribution in [0.15, 0.2) is 18.2 Å². The number of carbonyl (C=O) groups excluding carboxylic acids is 3. The van der Waals surface area contributed by atoms with Crippen LogP contribution in [0.3, 0.4) is 0 Å². The SMILES string of the molecule is O=CC1CCCN1C(=O)CCNC(=O)CCc1ccc(O)c(O)c1. The summed E-state index contributed by atoms with van der Waals surface area (Å²) in [6.07, 6.45) is 3.17. The third-order valence-corrected chi connectivity index (χ3v) is 4.12. The monoisotopic (exact) mass is 334 g/mol. The van der Waals surface area contributed by atoms with Crippen LogP contribution >= 0.6 is 0 Å². The predicted octanol–water partition coefficient (Wildman–Crippen LogP) is 0.727. The minimum atomic E-state index is -0.324. The highest BCUT2D eigenvalue weighted by Crippen LogP contribution is 2.25. The number of aromatic hydroxyl groups is 2. The summed E-state index contributed by atoms with van der Waals surface area (Å²) in [5.74, 6) is -0.719. The van der Waals surface area contributed by atoms with Gasteiger partial charge in [-0.25, -0.2) is 0 Å². The van der Waals surface area contributed by atoms with E-state index in [2.05, 4.69) is 5.32 Å². The molecule has 1 aromatic carbocycles. The van der Waals surface area contributed by atoms with Crippen molar-refractivity contribution >= 4 is 18.1 Å². The molecule has 0 spiro atoms. The smallest absolute Gasteiger partial charge is 0.224 e. The van der Waals surface area contributed by atoms with Crippen LogP contribution < -0.4 is 5.32 Å². The van der Waals surface area contributed by atoms with Gasteiger partial charge < -0.3 is 25.2 Å². The summed E-state index contributed by atoms with van der Waals surface area (Å²) in [5, 5.41) is 21.3. The topological polar surface area (TPSA) is 107 Å². The molecule has 0 bridgehead atoms. The van der Waals surface area contributed by atoms with Gasteiger partial charge in [0.2, 0.25) is 11.8 Å². The van der Waals surface area contributed by atoms with Crippen molar-refractivity contribution in [2.24, 2.45) is 0 Å². The number of nitrogens with one attached hydrogen (secondary N) is 1. The van der Waals surface area contributed by atoms with Crippen molar-refractivity contribution in [3.05, 3.63) is 23.8 Å². The number of amides is 2. The Kier molecular flexibility index (Phi) is 6.17. The molecule has 0 aromatic heterocycles. The number of benzene rings is 1. The van der Waals surface area contributed by atoms with Gasteiger partial charge in [-0.1, -0.05) is 6.07 Å². The molecule has 1 saturated heterocycles. The van der Waals surface area contributed by atoms with Gasteiger partial charge in [0.25, 0.3) is 0 Å². The van der Waals surface area contributed by atoms with Gasteiger partial charge in [0.1, 0.15) is 6.29 Å². The molecule has 2 amide bonds. The first-order valence-corrected chi connectivity index (χ1v) is 8.03. The first-order valence-electron chi connectivity index (χ1n) is 8.03. The zero-order chi connectivity index (χ0) is 17.5. The summed E-state index contributed by atoms with van der Waals surface area (Å²) in [6.45, 7) is 0.834. The van der Waals surface area contributed by atoms with Crippen LogP contribution in [-0.4, -0.2) is 52.3 Å². The Bertz CT molecular complexity index is 617. The molecular formula is C17H22N2O5. The van der Waals surface area contributed by atoms with Crippen molar-refractivity contribution in [2.75, 3.05) is 13.1 Å². The predicted molar refractivity (Wildman–Crippen MR) is 86.5 cm³/mol. The van der Waals surface area contributed by atoms with E-state index in [9.17, 15) is 24.6 Å². The summed E-state index contributed by atoms with van der Waals surface area (Å²) in [6, 6.07) is 4.11. The molecule has 1 aliphatic rings. The number of carbonyl (C=O) groups is 3. The zero-order valence-electron chi connectivity index (χ0n) is 13.4. The van der Waals surface area contributed by atoms with Crippen LogP contribution in [0.1, 0.15) is 31.2 Å². The molecule has 1 heterocycles. The van der Waals surface area contributed by atoms with Gasteiger partial charge in [0.05, 0.1) is 6.04 Å². The van der Waals surface area contributed by atoms with Crippen molar-refractivity contribution in [3.8, 4) is 11.5 Å². The van der Waals surface area contributed by atoms with Crippen molar-refractivity contribution < 1.29 is 24.6 Å². The van der Waals surface area contributed by atoms with E-state index >= 15 is 0 Å². The number of phenols is 2. The number of hydrogen-bond acceptors (Lipinski definition) is 5. The van der Waals surface area contributed by atoms with Crippen LogP contribution in [-0.2, 0) is 20.8 Å². The van der Waals surface area contributed by atoms with Crippen LogP contribution in [0.5, 0.6) is 11.5 Å². The lowest BCUT2D eigenvalue weighted by Crippen LogP contribution is -2.38. The zero-order valence-corrected chi connectivity index (χ0v) is 13.4. The first kappa shape index (κ1) is 17.8. The molecule has 7 nitrogen and oxygen atoms in total. The molecule has 3 N–H and O–H groups in total. The normalized spacial score (nSPS) is 16.8. The summed E-state index contributed by atoms with van der Waals surface area (Å²) < 4.78 is 0. The Labute approximate surface area is 140 Å². The van der Waals surface area contributed by atoms with Crippen molar-refractivity contribution in [3.63, 3.8) is 0 Å². The van der Waals surface area contributed by atoms with Crippen molar-refractivity contribution in [1.29, 1.82) is 0 Å². The second-order valence-corrected chi connectivity index (χ2v) is 5.86. The van der Waals surface area contributed by atoms with E-state index in [1.165, 1.54) is 12.1 Å². The van der Waals surface area contributed by atoms with Crippen LogP contribution in [0.4, 0.5) is 0 Å². The number of aryl methyl sites for hydroxylation is 1. The molecular weight excluding hydrogens is 312 g/mol. The molecule has 1 aliphatic heterocycles. The average Bonchev–Trinajstić information content (AvgIpc) is 3.04. The second kappa shape index (κ2) is 8.33. The van der Waals surface area contributed by atoms with E-state index in [-0.39, 0.29) is 48.7 Å². The lowest BCUT2D eigenvalue weighted by atomic mass is 10.1. The Morgan fingerprint density at radius 3 is 2.75 bits per heavy atom. The van der Waals surface area contributed by atoms with Crippen molar-refractivity contribution in [2.45, 2.75) is 38.1 Å². The molecule has 0 radical (unpaired) electrons. The highest BCUT2D eigenvalue weighted by Gasteiger charge is 2.27. The van der Waals surface area contributed by atoms with Crippen LogP contribution in [0.2, 0.25) is 0 Å². The Balaban J connectivity index is 1.68. The van der Waals surface area contributed by atoms with Gasteiger partial charge in [-0.05, 0) is 37.0 Å². The third-order valence-electron chi connectivity index (χ3n) is 4.12. The van der Waals surface area contributed by atoms with Gasteiger partial charge in [0, 0.05) is 25.9 Å². The maximum absolute atomic E-state index is 12.0. The van der Waals surface area contributed by atoms with Gasteiger partial charge >= 0.3 is 0 Å². The quantitative estimate of drug-likeness (QED) is 0.503. The van der Waals surface area contributed by atoms with Gasteiger partial charge in [0.15, 0.2) is 11.5 Å². The molecule has 1 unspecified atom stereocenters. The van der Waals surface area contributed by atoms with E-state index in [0.29, 0.717) is 19.4 Å². The van der Waals surface area contributed by atoms with E-state index in [1.54, 1.807) is 11.0 Å². The number of likely N-dealkylation sites (tertiary alicyclic amines) is 1. The summed E-state index contributed by atoms with van der Waals surface area (Å²) in [7, 11) is 0. The average molecular weight is 334 g/mol. The largest absolute Gasteiger partial charge is 0.504 e. The van der Waals surface area contributed by atoms with E-state index in [0.717, 1.165) is 18.3 Å². The number of nitrogens with zero attached hydrogens (tertiary/aromatic N) is 1. The Morgan fingerprint density at radius 1 is 1.25 bits per heavy atom. The third kappa shape index (κ3) is 4.71. The molecule has 7 heteroatoms. The number of rotatable bonds is 7.